The Morgan fingerprint density at radius 3 is 2.14 bits per heavy atom. The van der Waals surface area contributed by atoms with Crippen LogP contribution in [0.4, 0.5) is 0 Å². The van der Waals surface area contributed by atoms with Crippen LogP contribution in [-0.4, -0.2) is 18.8 Å². The quantitative estimate of drug-likeness (QED) is 0.909. The minimum absolute atomic E-state index is 0.292. The van der Waals surface area contributed by atoms with Gasteiger partial charge in [0.25, 0.3) is 0 Å². The van der Waals surface area contributed by atoms with Crippen LogP contribution in [0, 0.1) is 0 Å². The van der Waals surface area contributed by atoms with Gasteiger partial charge in [-0.15, -0.1) is 0 Å². The summed E-state index contributed by atoms with van der Waals surface area (Å²) in [7, 11) is 0. The first kappa shape index (κ1) is 13.1. The molecule has 0 bridgehead atoms. The molecule has 2 atom stereocenters. The van der Waals surface area contributed by atoms with Gasteiger partial charge in [-0.05, 0) is 42.0 Å². The lowest BCUT2D eigenvalue weighted by Crippen LogP contribution is -2.39. The SMILES string of the molecule is CC1OCCC1NC1c2ccccc2Cc2ccccc21. The van der Waals surface area contributed by atoms with E-state index in [1.807, 2.05) is 0 Å². The van der Waals surface area contributed by atoms with Crippen molar-refractivity contribution in [2.24, 2.45) is 0 Å². The van der Waals surface area contributed by atoms with Crippen molar-refractivity contribution in [1.29, 1.82) is 0 Å². The van der Waals surface area contributed by atoms with Gasteiger partial charge in [-0.2, -0.15) is 0 Å². The minimum atomic E-state index is 0.292. The standard InChI is InChI=1S/C19H21NO/c1-13-18(10-11-21-13)20-19-16-8-4-2-6-14(16)12-15-7-3-5-9-17(15)19/h2-9,13,18-20H,10-12H2,1H3. The lowest BCUT2D eigenvalue weighted by atomic mass is 9.82. The third-order valence-corrected chi connectivity index (χ3v) is 4.87. The molecule has 1 fully saturated rings. The largest absolute Gasteiger partial charge is 0.377 e. The van der Waals surface area contributed by atoms with Crippen molar-refractivity contribution in [2.45, 2.75) is 38.0 Å². The highest BCUT2D eigenvalue weighted by Crippen LogP contribution is 2.35. The van der Waals surface area contributed by atoms with Gasteiger partial charge in [-0.25, -0.2) is 0 Å². The molecule has 108 valence electrons. The average molecular weight is 279 g/mol. The number of nitrogens with one attached hydrogen (secondary N) is 1. The topological polar surface area (TPSA) is 21.3 Å². The van der Waals surface area contributed by atoms with Crippen LogP contribution in [0.15, 0.2) is 48.5 Å². The molecule has 2 heteroatoms. The van der Waals surface area contributed by atoms with Gasteiger partial charge in [0.15, 0.2) is 0 Å². The van der Waals surface area contributed by atoms with Gasteiger partial charge in [0.2, 0.25) is 0 Å². The Labute approximate surface area is 126 Å². The Bertz CT molecular complexity index is 606. The third kappa shape index (κ3) is 2.29. The van der Waals surface area contributed by atoms with E-state index in [2.05, 4.69) is 60.8 Å². The van der Waals surface area contributed by atoms with Crippen LogP contribution < -0.4 is 5.32 Å². The second-order valence-corrected chi connectivity index (χ2v) is 6.15. The summed E-state index contributed by atoms with van der Waals surface area (Å²) in [6, 6.07) is 18.4. The highest BCUT2D eigenvalue weighted by molar-refractivity contribution is 5.48. The van der Waals surface area contributed by atoms with E-state index in [1.54, 1.807) is 0 Å². The smallest absolute Gasteiger partial charge is 0.0701 e. The number of rotatable bonds is 2. The summed E-state index contributed by atoms with van der Waals surface area (Å²) < 4.78 is 5.72. The van der Waals surface area contributed by atoms with E-state index in [4.69, 9.17) is 4.74 Å². The van der Waals surface area contributed by atoms with Gasteiger partial charge in [-0.1, -0.05) is 48.5 Å². The van der Waals surface area contributed by atoms with Crippen molar-refractivity contribution in [2.75, 3.05) is 6.61 Å². The maximum Gasteiger partial charge on any atom is 0.0701 e. The first-order chi connectivity index (χ1) is 10.3. The Kier molecular flexibility index (Phi) is 3.28. The van der Waals surface area contributed by atoms with E-state index in [0.29, 0.717) is 18.2 Å². The van der Waals surface area contributed by atoms with Crippen LogP contribution in [0.2, 0.25) is 0 Å². The fraction of sp³-hybridized carbons (Fsp3) is 0.368. The van der Waals surface area contributed by atoms with E-state index in [9.17, 15) is 0 Å². The zero-order chi connectivity index (χ0) is 14.2. The zero-order valence-corrected chi connectivity index (χ0v) is 12.4. The van der Waals surface area contributed by atoms with Crippen molar-refractivity contribution in [3.8, 4) is 0 Å². The molecule has 1 aliphatic carbocycles. The Hall–Kier alpha value is -1.64. The minimum Gasteiger partial charge on any atom is -0.377 e. The summed E-state index contributed by atoms with van der Waals surface area (Å²) in [5.41, 5.74) is 5.74. The molecule has 2 aromatic carbocycles. The number of ether oxygens (including phenoxy) is 1. The summed E-state index contributed by atoms with van der Waals surface area (Å²) in [5, 5.41) is 3.85. The summed E-state index contributed by atoms with van der Waals surface area (Å²) in [4.78, 5) is 0. The molecule has 1 heterocycles. The number of benzene rings is 2. The molecule has 0 spiro atoms. The molecule has 0 amide bonds. The predicted octanol–water partition coefficient (Wildman–Crippen LogP) is 3.45. The summed E-state index contributed by atoms with van der Waals surface area (Å²) in [6.45, 7) is 3.04. The van der Waals surface area contributed by atoms with Crippen LogP contribution in [0.1, 0.15) is 41.6 Å². The van der Waals surface area contributed by atoms with Gasteiger partial charge in [0, 0.05) is 12.6 Å². The molecule has 1 saturated heterocycles. The Morgan fingerprint density at radius 2 is 1.57 bits per heavy atom. The first-order valence-electron chi connectivity index (χ1n) is 7.86. The molecule has 0 radical (unpaired) electrons. The molecule has 2 aliphatic rings. The molecule has 1 aliphatic heterocycles. The molecule has 2 unspecified atom stereocenters. The molecule has 4 rings (SSSR count). The van der Waals surface area contributed by atoms with Gasteiger partial charge in [0.05, 0.1) is 12.1 Å². The third-order valence-electron chi connectivity index (χ3n) is 4.87. The van der Waals surface area contributed by atoms with Crippen molar-refractivity contribution in [1.82, 2.24) is 5.32 Å². The highest BCUT2D eigenvalue weighted by atomic mass is 16.5. The summed E-state index contributed by atoms with van der Waals surface area (Å²) in [5.74, 6) is 0. The van der Waals surface area contributed by atoms with Crippen LogP contribution in [0.5, 0.6) is 0 Å². The molecular formula is C19H21NO. The molecule has 0 aromatic heterocycles. The zero-order valence-electron chi connectivity index (χ0n) is 12.4. The van der Waals surface area contributed by atoms with Crippen LogP contribution >= 0.6 is 0 Å². The summed E-state index contributed by atoms with van der Waals surface area (Å²) in [6.07, 6.45) is 2.44. The second-order valence-electron chi connectivity index (χ2n) is 6.15. The molecule has 0 saturated carbocycles. The Balaban J connectivity index is 1.74. The monoisotopic (exact) mass is 279 g/mol. The molecule has 1 N–H and O–H groups in total. The maximum absolute atomic E-state index is 5.72. The van der Waals surface area contributed by atoms with Gasteiger partial charge in [0.1, 0.15) is 0 Å². The first-order valence-corrected chi connectivity index (χ1v) is 7.86. The fourth-order valence-electron chi connectivity index (χ4n) is 3.67. The van der Waals surface area contributed by atoms with Crippen molar-refractivity contribution in [3.05, 3.63) is 70.8 Å². The summed E-state index contributed by atoms with van der Waals surface area (Å²) >= 11 is 0. The van der Waals surface area contributed by atoms with Crippen molar-refractivity contribution >= 4 is 0 Å². The van der Waals surface area contributed by atoms with E-state index in [1.165, 1.54) is 22.3 Å². The van der Waals surface area contributed by atoms with E-state index < -0.39 is 0 Å². The van der Waals surface area contributed by atoms with Gasteiger partial charge < -0.3 is 10.1 Å². The van der Waals surface area contributed by atoms with Crippen LogP contribution in [0.3, 0.4) is 0 Å². The van der Waals surface area contributed by atoms with E-state index in [0.717, 1.165) is 19.4 Å². The number of hydrogen-bond donors (Lipinski definition) is 1. The number of fused-ring (bicyclic) bond motifs is 2. The lowest BCUT2D eigenvalue weighted by Gasteiger charge is -2.32. The van der Waals surface area contributed by atoms with Crippen LogP contribution in [-0.2, 0) is 11.2 Å². The van der Waals surface area contributed by atoms with Gasteiger partial charge >= 0.3 is 0 Å². The molecule has 21 heavy (non-hydrogen) atoms. The molecule has 2 nitrogen and oxygen atoms in total. The van der Waals surface area contributed by atoms with Crippen molar-refractivity contribution in [3.63, 3.8) is 0 Å². The predicted molar refractivity (Wildman–Crippen MR) is 84.5 cm³/mol. The van der Waals surface area contributed by atoms with Crippen molar-refractivity contribution < 1.29 is 4.74 Å². The average Bonchev–Trinajstić information content (AvgIpc) is 2.92. The van der Waals surface area contributed by atoms with Gasteiger partial charge in [-0.3, -0.25) is 0 Å². The van der Waals surface area contributed by atoms with E-state index >= 15 is 0 Å². The number of hydrogen-bond acceptors (Lipinski definition) is 2. The molecule has 2 aromatic rings. The Morgan fingerprint density at radius 1 is 0.952 bits per heavy atom. The second kappa shape index (κ2) is 5.28. The van der Waals surface area contributed by atoms with Crippen LogP contribution in [0.25, 0.3) is 0 Å². The lowest BCUT2D eigenvalue weighted by molar-refractivity contribution is 0.111. The van der Waals surface area contributed by atoms with E-state index in [-0.39, 0.29) is 0 Å². The highest BCUT2D eigenvalue weighted by Gasteiger charge is 2.31. The maximum atomic E-state index is 5.72. The normalized spacial score (nSPS) is 24.6. The fourth-order valence-corrected chi connectivity index (χ4v) is 3.67. The molecular weight excluding hydrogens is 258 g/mol.